The molecule has 1 aliphatic rings. The predicted octanol–water partition coefficient (Wildman–Crippen LogP) is 2.58. The van der Waals surface area contributed by atoms with Gasteiger partial charge in [0.2, 0.25) is 0 Å². The average molecular weight is 342 g/mol. The molecule has 1 aromatic heterocycles. The van der Waals surface area contributed by atoms with E-state index in [1.165, 1.54) is 18.3 Å². The van der Waals surface area contributed by atoms with E-state index in [1.807, 2.05) is 0 Å². The molecule has 3 N–H and O–H groups in total. The first kappa shape index (κ1) is 18.1. The SMILES string of the molecule is Cl.NCC(NC(=O)c1cccnc1SC(F)(F)F)C1CC1. The van der Waals surface area contributed by atoms with E-state index in [1.54, 1.807) is 0 Å². The molecule has 1 saturated carbocycles. The third kappa shape index (κ3) is 5.37. The van der Waals surface area contributed by atoms with Crippen molar-refractivity contribution in [3.63, 3.8) is 0 Å². The lowest BCUT2D eigenvalue weighted by atomic mass is 10.1. The van der Waals surface area contributed by atoms with Crippen molar-refractivity contribution in [3.8, 4) is 0 Å². The maximum atomic E-state index is 12.4. The molecule has 0 aromatic carbocycles. The number of halogens is 4. The minimum atomic E-state index is -4.48. The summed E-state index contributed by atoms with van der Waals surface area (Å²) in [4.78, 5) is 15.7. The summed E-state index contributed by atoms with van der Waals surface area (Å²) in [6.07, 6.45) is 3.20. The van der Waals surface area contributed by atoms with Crippen molar-refractivity contribution in [1.82, 2.24) is 10.3 Å². The van der Waals surface area contributed by atoms with Crippen LogP contribution in [0.2, 0.25) is 0 Å². The third-order valence-corrected chi connectivity index (χ3v) is 3.74. The number of pyridine rings is 1. The van der Waals surface area contributed by atoms with Crippen LogP contribution in [0.4, 0.5) is 13.2 Å². The highest BCUT2D eigenvalue weighted by Gasteiger charge is 2.34. The normalized spacial score (nSPS) is 16.0. The number of thioether (sulfide) groups is 1. The molecule has 0 bridgehead atoms. The molecule has 1 amide bonds. The summed E-state index contributed by atoms with van der Waals surface area (Å²) in [6.45, 7) is 0.276. The Morgan fingerprint density at radius 2 is 2.19 bits per heavy atom. The quantitative estimate of drug-likeness (QED) is 0.808. The van der Waals surface area contributed by atoms with Gasteiger partial charge in [0.25, 0.3) is 5.91 Å². The van der Waals surface area contributed by atoms with Crippen LogP contribution in [-0.2, 0) is 0 Å². The molecule has 0 saturated heterocycles. The van der Waals surface area contributed by atoms with Gasteiger partial charge >= 0.3 is 5.51 Å². The molecule has 1 heterocycles. The lowest BCUT2D eigenvalue weighted by Gasteiger charge is -2.17. The molecule has 0 aliphatic heterocycles. The van der Waals surface area contributed by atoms with Crippen LogP contribution in [0.5, 0.6) is 0 Å². The number of alkyl halides is 3. The second-order valence-electron chi connectivity index (χ2n) is 4.56. The van der Waals surface area contributed by atoms with Crippen molar-refractivity contribution >= 4 is 30.1 Å². The first-order chi connectivity index (χ1) is 9.40. The Bertz CT molecular complexity index is 497. The van der Waals surface area contributed by atoms with Crippen LogP contribution < -0.4 is 11.1 Å². The molecule has 1 aromatic rings. The monoisotopic (exact) mass is 341 g/mol. The van der Waals surface area contributed by atoms with E-state index in [0.29, 0.717) is 5.92 Å². The molecule has 4 nitrogen and oxygen atoms in total. The molecule has 0 spiro atoms. The van der Waals surface area contributed by atoms with Gasteiger partial charge in [0.1, 0.15) is 5.03 Å². The van der Waals surface area contributed by atoms with Crippen molar-refractivity contribution in [2.24, 2.45) is 11.7 Å². The summed E-state index contributed by atoms with van der Waals surface area (Å²) in [5.41, 5.74) is 1.01. The largest absolute Gasteiger partial charge is 0.447 e. The van der Waals surface area contributed by atoms with E-state index >= 15 is 0 Å². The van der Waals surface area contributed by atoms with Crippen molar-refractivity contribution in [1.29, 1.82) is 0 Å². The number of carbonyl (C=O) groups excluding carboxylic acids is 1. The molecule has 1 unspecified atom stereocenters. The number of amides is 1. The van der Waals surface area contributed by atoms with Crippen molar-refractivity contribution in [2.45, 2.75) is 29.4 Å². The number of rotatable bonds is 5. The summed E-state index contributed by atoms with van der Waals surface area (Å²) >= 11 is -0.389. The van der Waals surface area contributed by atoms with Gasteiger partial charge in [0.15, 0.2) is 0 Å². The van der Waals surface area contributed by atoms with Crippen LogP contribution in [-0.4, -0.2) is 29.0 Å². The maximum absolute atomic E-state index is 12.4. The second kappa shape index (κ2) is 7.33. The average Bonchev–Trinajstić information content (AvgIpc) is 3.18. The van der Waals surface area contributed by atoms with E-state index in [2.05, 4.69) is 10.3 Å². The summed E-state index contributed by atoms with van der Waals surface area (Å²) in [5.74, 6) is -0.230. The Morgan fingerprint density at radius 3 is 2.71 bits per heavy atom. The fraction of sp³-hybridized carbons (Fsp3) is 0.500. The number of hydrogen-bond donors (Lipinski definition) is 2. The summed E-state index contributed by atoms with van der Waals surface area (Å²) in [7, 11) is 0. The smallest absolute Gasteiger partial charge is 0.348 e. The lowest BCUT2D eigenvalue weighted by Crippen LogP contribution is -2.42. The number of hydrogen-bond acceptors (Lipinski definition) is 4. The number of nitrogens with one attached hydrogen (secondary N) is 1. The zero-order valence-corrected chi connectivity index (χ0v) is 12.5. The standard InChI is InChI=1S/C12H14F3N3OS.ClH/c13-12(14,15)20-11-8(2-1-5-17-11)10(19)18-9(6-16)7-3-4-7;/h1-2,5,7,9H,3-4,6,16H2,(H,18,19);1H. The lowest BCUT2D eigenvalue weighted by molar-refractivity contribution is -0.0329. The summed E-state index contributed by atoms with van der Waals surface area (Å²) < 4.78 is 37.3. The third-order valence-electron chi connectivity index (χ3n) is 2.99. The van der Waals surface area contributed by atoms with Gasteiger partial charge in [0, 0.05) is 30.5 Å². The maximum Gasteiger partial charge on any atom is 0.447 e. The van der Waals surface area contributed by atoms with Gasteiger partial charge in [0.05, 0.1) is 5.56 Å². The van der Waals surface area contributed by atoms with Crippen LogP contribution in [0.3, 0.4) is 0 Å². The van der Waals surface area contributed by atoms with Gasteiger partial charge in [-0.1, -0.05) is 0 Å². The number of nitrogens with zero attached hydrogens (tertiary/aromatic N) is 1. The van der Waals surface area contributed by atoms with Gasteiger partial charge in [-0.25, -0.2) is 4.98 Å². The molecule has 1 atom stereocenters. The molecule has 21 heavy (non-hydrogen) atoms. The first-order valence-corrected chi connectivity index (χ1v) is 6.94. The van der Waals surface area contributed by atoms with E-state index in [-0.39, 0.29) is 47.3 Å². The highest BCUT2D eigenvalue weighted by atomic mass is 35.5. The second-order valence-corrected chi connectivity index (χ2v) is 5.61. The van der Waals surface area contributed by atoms with Crippen molar-refractivity contribution in [2.75, 3.05) is 6.54 Å². The van der Waals surface area contributed by atoms with Crippen LogP contribution in [0.1, 0.15) is 23.2 Å². The van der Waals surface area contributed by atoms with E-state index in [4.69, 9.17) is 5.73 Å². The first-order valence-electron chi connectivity index (χ1n) is 6.12. The Morgan fingerprint density at radius 1 is 1.52 bits per heavy atom. The Labute approximate surface area is 130 Å². The topological polar surface area (TPSA) is 68.0 Å². The molecule has 2 rings (SSSR count). The van der Waals surface area contributed by atoms with Gasteiger partial charge in [-0.3, -0.25) is 4.79 Å². The molecular formula is C12H15ClF3N3OS. The number of carbonyl (C=O) groups is 1. The molecule has 118 valence electrons. The molecule has 9 heteroatoms. The fourth-order valence-electron chi connectivity index (χ4n) is 1.87. The summed E-state index contributed by atoms with van der Waals surface area (Å²) in [5, 5.41) is 2.34. The molecule has 1 aliphatic carbocycles. The van der Waals surface area contributed by atoms with Gasteiger partial charge in [-0.05, 0) is 30.9 Å². The number of nitrogens with two attached hydrogens (primary N) is 1. The zero-order chi connectivity index (χ0) is 14.8. The van der Waals surface area contributed by atoms with Gasteiger partial charge in [-0.15, -0.1) is 12.4 Å². The molecule has 0 radical (unpaired) electrons. The van der Waals surface area contributed by atoms with E-state index < -0.39 is 11.4 Å². The van der Waals surface area contributed by atoms with Crippen LogP contribution in [0.15, 0.2) is 23.4 Å². The van der Waals surface area contributed by atoms with Gasteiger partial charge < -0.3 is 11.1 Å². The van der Waals surface area contributed by atoms with E-state index in [0.717, 1.165) is 12.8 Å². The molecule has 1 fully saturated rings. The minimum absolute atomic E-state index is 0. The predicted molar refractivity (Wildman–Crippen MR) is 76.4 cm³/mol. The Kier molecular flexibility index (Phi) is 6.30. The minimum Gasteiger partial charge on any atom is -0.348 e. The summed E-state index contributed by atoms with van der Waals surface area (Å²) in [6, 6.07) is 2.58. The zero-order valence-electron chi connectivity index (χ0n) is 10.9. The Balaban J connectivity index is 0.00000220. The van der Waals surface area contributed by atoms with E-state index in [9.17, 15) is 18.0 Å². The fourth-order valence-corrected chi connectivity index (χ4v) is 2.47. The van der Waals surface area contributed by atoms with Crippen molar-refractivity contribution in [3.05, 3.63) is 23.9 Å². The number of aromatic nitrogens is 1. The highest BCUT2D eigenvalue weighted by molar-refractivity contribution is 8.00. The van der Waals surface area contributed by atoms with Crippen molar-refractivity contribution < 1.29 is 18.0 Å². The van der Waals surface area contributed by atoms with Crippen LogP contribution in [0.25, 0.3) is 0 Å². The highest BCUT2D eigenvalue weighted by Crippen LogP contribution is 2.37. The van der Waals surface area contributed by atoms with Crippen LogP contribution >= 0.6 is 24.2 Å². The molecular weight excluding hydrogens is 327 g/mol. The van der Waals surface area contributed by atoms with Gasteiger partial charge in [-0.2, -0.15) is 13.2 Å². The van der Waals surface area contributed by atoms with Crippen LogP contribution in [0, 0.1) is 5.92 Å². The Hall–Kier alpha value is -0.990.